The lowest BCUT2D eigenvalue weighted by molar-refractivity contribution is -0.134. The molecule has 174 valence electrons. The van der Waals surface area contributed by atoms with Crippen LogP contribution in [0.25, 0.3) is 6.08 Å². The molecule has 2 aliphatic rings. The Morgan fingerprint density at radius 2 is 1.94 bits per heavy atom. The fourth-order valence-corrected chi connectivity index (χ4v) is 5.17. The number of likely N-dealkylation sites (tertiary alicyclic amines) is 1. The van der Waals surface area contributed by atoms with Crippen molar-refractivity contribution >= 4 is 35.3 Å². The fraction of sp³-hybridized carbons (Fsp3) is 0.400. The van der Waals surface area contributed by atoms with Crippen molar-refractivity contribution in [1.82, 2.24) is 15.1 Å². The summed E-state index contributed by atoms with van der Waals surface area (Å²) in [5.74, 6) is 0.566. The van der Waals surface area contributed by atoms with Crippen LogP contribution in [0.5, 0.6) is 5.75 Å². The van der Waals surface area contributed by atoms with Gasteiger partial charge in [0, 0.05) is 30.6 Å². The zero-order chi connectivity index (χ0) is 23.4. The molecule has 0 radical (unpaired) electrons. The molecule has 0 aliphatic carbocycles. The molecule has 0 saturated carbocycles. The maximum Gasteiger partial charge on any atom is 0.325 e. The van der Waals surface area contributed by atoms with Crippen LogP contribution in [0.4, 0.5) is 4.79 Å². The first-order chi connectivity index (χ1) is 15.9. The van der Waals surface area contributed by atoms with E-state index in [1.165, 1.54) is 4.90 Å². The number of carbonyl (C=O) groups is 3. The third kappa shape index (κ3) is 4.95. The molecule has 1 atom stereocenters. The maximum atomic E-state index is 13.2. The fourth-order valence-electron chi connectivity index (χ4n) is 4.55. The first-order valence-corrected chi connectivity index (χ1v) is 12.1. The molecular weight excluding hydrogens is 438 g/mol. The summed E-state index contributed by atoms with van der Waals surface area (Å²) in [6, 6.07) is 11.2. The number of hydrogen-bond acceptors (Lipinski definition) is 5. The normalized spacial score (nSPS) is 21.6. The van der Waals surface area contributed by atoms with Crippen LogP contribution in [-0.2, 0) is 16.0 Å². The van der Waals surface area contributed by atoms with E-state index in [1.54, 1.807) is 24.5 Å². The SMILES string of the molecule is COc1ccc(CCN2C(=O)N[C@](C)(C3CCN(C(=O)/C=C/c4cccs4)CC3)C2=O)cc1. The summed E-state index contributed by atoms with van der Waals surface area (Å²) in [4.78, 5) is 42.6. The van der Waals surface area contributed by atoms with Crippen molar-refractivity contribution in [3.63, 3.8) is 0 Å². The van der Waals surface area contributed by atoms with Gasteiger partial charge in [0.15, 0.2) is 0 Å². The second-order valence-electron chi connectivity index (χ2n) is 8.64. The Bertz CT molecular complexity index is 1030. The summed E-state index contributed by atoms with van der Waals surface area (Å²) in [5, 5.41) is 4.92. The van der Waals surface area contributed by atoms with E-state index in [9.17, 15) is 14.4 Å². The second kappa shape index (κ2) is 9.79. The Labute approximate surface area is 198 Å². The lowest BCUT2D eigenvalue weighted by Crippen LogP contribution is -2.54. The minimum absolute atomic E-state index is 0.00902. The number of imide groups is 1. The highest BCUT2D eigenvalue weighted by atomic mass is 32.1. The number of piperidine rings is 1. The molecule has 0 spiro atoms. The predicted molar refractivity (Wildman–Crippen MR) is 128 cm³/mol. The number of amides is 4. The molecule has 2 aromatic rings. The molecule has 2 aliphatic heterocycles. The Balaban J connectivity index is 1.32. The van der Waals surface area contributed by atoms with Gasteiger partial charge in [-0.05, 0) is 67.3 Å². The van der Waals surface area contributed by atoms with Gasteiger partial charge >= 0.3 is 6.03 Å². The number of nitrogens with one attached hydrogen (secondary N) is 1. The van der Waals surface area contributed by atoms with Crippen LogP contribution in [0.2, 0.25) is 0 Å². The van der Waals surface area contributed by atoms with E-state index in [4.69, 9.17) is 4.74 Å². The summed E-state index contributed by atoms with van der Waals surface area (Å²) in [6.45, 7) is 3.29. The minimum Gasteiger partial charge on any atom is -0.497 e. The molecule has 3 heterocycles. The number of urea groups is 1. The van der Waals surface area contributed by atoms with Gasteiger partial charge in [-0.3, -0.25) is 14.5 Å². The van der Waals surface area contributed by atoms with Gasteiger partial charge in [-0.1, -0.05) is 18.2 Å². The minimum atomic E-state index is -0.932. The molecule has 33 heavy (non-hydrogen) atoms. The number of hydrogen-bond donors (Lipinski definition) is 1. The van der Waals surface area contributed by atoms with E-state index in [1.807, 2.05) is 59.7 Å². The summed E-state index contributed by atoms with van der Waals surface area (Å²) < 4.78 is 5.17. The molecule has 0 unspecified atom stereocenters. The van der Waals surface area contributed by atoms with Gasteiger partial charge < -0.3 is 15.0 Å². The predicted octanol–water partition coefficient (Wildman–Crippen LogP) is 3.56. The molecule has 1 aromatic heterocycles. The van der Waals surface area contributed by atoms with Crippen LogP contribution in [0.1, 0.15) is 30.2 Å². The number of nitrogens with zero attached hydrogens (tertiary/aromatic N) is 2. The summed E-state index contributed by atoms with van der Waals surface area (Å²) in [7, 11) is 1.62. The lowest BCUT2D eigenvalue weighted by Gasteiger charge is -2.38. The third-order valence-electron chi connectivity index (χ3n) is 6.64. The first kappa shape index (κ1) is 23.0. The van der Waals surface area contributed by atoms with E-state index in [0.717, 1.165) is 16.2 Å². The quantitative estimate of drug-likeness (QED) is 0.499. The van der Waals surface area contributed by atoms with Crippen molar-refractivity contribution in [2.75, 3.05) is 26.7 Å². The molecule has 1 N–H and O–H groups in total. The Kier molecular flexibility index (Phi) is 6.83. The van der Waals surface area contributed by atoms with Crippen LogP contribution in [0.15, 0.2) is 47.9 Å². The van der Waals surface area contributed by atoms with Crippen molar-refractivity contribution in [2.24, 2.45) is 5.92 Å². The number of thiophene rings is 1. The smallest absolute Gasteiger partial charge is 0.325 e. The van der Waals surface area contributed by atoms with E-state index < -0.39 is 5.54 Å². The van der Waals surface area contributed by atoms with E-state index in [2.05, 4.69) is 5.32 Å². The molecular formula is C25H29N3O4S. The largest absolute Gasteiger partial charge is 0.497 e. The van der Waals surface area contributed by atoms with Gasteiger partial charge in [-0.25, -0.2) is 4.79 Å². The van der Waals surface area contributed by atoms with Crippen molar-refractivity contribution in [2.45, 2.75) is 31.7 Å². The highest BCUT2D eigenvalue weighted by Gasteiger charge is 2.52. The molecule has 8 heteroatoms. The molecule has 4 rings (SSSR count). The number of methoxy groups -OCH3 is 1. The molecule has 2 saturated heterocycles. The second-order valence-corrected chi connectivity index (χ2v) is 9.61. The third-order valence-corrected chi connectivity index (χ3v) is 7.48. The van der Waals surface area contributed by atoms with Crippen LogP contribution in [0.3, 0.4) is 0 Å². The van der Waals surface area contributed by atoms with E-state index >= 15 is 0 Å². The van der Waals surface area contributed by atoms with Gasteiger partial charge in [0.25, 0.3) is 5.91 Å². The topological polar surface area (TPSA) is 79.0 Å². The standard InChI is InChI=1S/C25H29N3O4S/c1-25(19-12-14-27(15-13-19)22(29)10-9-21-4-3-17-33-21)23(30)28(24(31)26-25)16-11-18-5-7-20(32-2)8-6-18/h3-10,17,19H,11-16H2,1-2H3,(H,26,31)/b10-9+/t25-/m1/s1. The first-order valence-electron chi connectivity index (χ1n) is 11.2. The Hall–Kier alpha value is -3.13. The van der Waals surface area contributed by atoms with Crippen LogP contribution >= 0.6 is 11.3 Å². The molecule has 0 bridgehead atoms. The average Bonchev–Trinajstić information content (AvgIpc) is 3.43. The monoisotopic (exact) mass is 467 g/mol. The highest BCUT2D eigenvalue weighted by molar-refractivity contribution is 7.10. The Morgan fingerprint density at radius 3 is 2.58 bits per heavy atom. The number of ether oxygens (including phenoxy) is 1. The molecule has 7 nitrogen and oxygen atoms in total. The molecule has 4 amide bonds. The highest BCUT2D eigenvalue weighted by Crippen LogP contribution is 2.33. The van der Waals surface area contributed by atoms with Gasteiger partial charge in [0.1, 0.15) is 11.3 Å². The summed E-state index contributed by atoms with van der Waals surface area (Å²) >= 11 is 1.59. The average molecular weight is 468 g/mol. The number of carbonyl (C=O) groups excluding carboxylic acids is 3. The van der Waals surface area contributed by atoms with Crippen LogP contribution < -0.4 is 10.1 Å². The van der Waals surface area contributed by atoms with Gasteiger partial charge in [-0.15, -0.1) is 11.3 Å². The van der Waals surface area contributed by atoms with Gasteiger partial charge in [0.05, 0.1) is 7.11 Å². The molecule has 2 fully saturated rings. The van der Waals surface area contributed by atoms with Crippen molar-refractivity contribution in [3.8, 4) is 5.75 Å². The zero-order valence-corrected chi connectivity index (χ0v) is 19.8. The van der Waals surface area contributed by atoms with E-state index in [0.29, 0.717) is 38.9 Å². The van der Waals surface area contributed by atoms with Crippen molar-refractivity contribution in [3.05, 3.63) is 58.3 Å². The lowest BCUT2D eigenvalue weighted by atomic mass is 9.79. The van der Waals surface area contributed by atoms with Crippen LogP contribution in [0, 0.1) is 5.92 Å². The number of benzene rings is 1. The van der Waals surface area contributed by atoms with Crippen molar-refractivity contribution < 1.29 is 19.1 Å². The maximum absolute atomic E-state index is 13.2. The molecule has 1 aromatic carbocycles. The van der Waals surface area contributed by atoms with E-state index in [-0.39, 0.29) is 23.8 Å². The summed E-state index contributed by atoms with van der Waals surface area (Å²) in [6.07, 6.45) is 5.38. The number of rotatable bonds is 7. The van der Waals surface area contributed by atoms with Crippen molar-refractivity contribution in [1.29, 1.82) is 0 Å². The van der Waals surface area contributed by atoms with Gasteiger partial charge in [-0.2, -0.15) is 0 Å². The van der Waals surface area contributed by atoms with Gasteiger partial charge in [0.2, 0.25) is 5.91 Å². The zero-order valence-electron chi connectivity index (χ0n) is 19.0. The van der Waals surface area contributed by atoms with Crippen LogP contribution in [-0.4, -0.2) is 59.9 Å². The Morgan fingerprint density at radius 1 is 1.21 bits per heavy atom. The summed E-state index contributed by atoms with van der Waals surface area (Å²) in [5.41, 5.74) is 0.103.